The van der Waals surface area contributed by atoms with Gasteiger partial charge in [-0.1, -0.05) is 81.2 Å². The molecular weight excluding hydrogens is 531 g/mol. The Morgan fingerprint density at radius 2 is 1.75 bits per heavy atom. The quantitative estimate of drug-likeness (QED) is 0.266. The number of nitrogens with one attached hydrogen (secondary N) is 1. The average molecular weight is 548 g/mol. The topological polar surface area (TPSA) is 59.8 Å². The van der Waals surface area contributed by atoms with Crippen molar-refractivity contribution in [1.29, 1.82) is 0 Å². The van der Waals surface area contributed by atoms with Crippen molar-refractivity contribution < 1.29 is 4.79 Å². The highest BCUT2D eigenvalue weighted by Crippen LogP contribution is 2.30. The normalized spacial score (nSPS) is 10.8. The molecule has 0 unspecified atom stereocenters. The minimum atomic E-state index is -0.201. The molecule has 4 rings (SSSR count). The Kier molecular flexibility index (Phi) is 7.52. The average Bonchev–Trinajstić information content (AvgIpc) is 3.20. The molecule has 162 valence electrons. The third-order valence-corrected chi connectivity index (χ3v) is 6.64. The van der Waals surface area contributed by atoms with Gasteiger partial charge in [-0.15, -0.1) is 10.2 Å². The summed E-state index contributed by atoms with van der Waals surface area (Å²) in [7, 11) is 0. The van der Waals surface area contributed by atoms with Crippen LogP contribution < -0.4 is 5.32 Å². The first-order valence-corrected chi connectivity index (χ1v) is 12.1. The van der Waals surface area contributed by atoms with Crippen LogP contribution in [0.3, 0.4) is 0 Å². The third kappa shape index (κ3) is 5.53. The molecule has 0 aliphatic heterocycles. The summed E-state index contributed by atoms with van der Waals surface area (Å²) >= 11 is 17.5. The van der Waals surface area contributed by atoms with Gasteiger partial charge in [0.2, 0.25) is 0 Å². The highest BCUT2D eigenvalue weighted by Gasteiger charge is 2.18. The molecule has 0 atom stereocenters. The SMILES string of the molecule is O=C(NCc1nnc(SCc2ccccc2)n1-c1ccc(Cl)cc1Cl)c1ccc(Br)cc1. The van der Waals surface area contributed by atoms with Gasteiger partial charge in [-0.3, -0.25) is 9.36 Å². The van der Waals surface area contributed by atoms with Crippen LogP contribution in [0.15, 0.2) is 82.4 Å². The minimum Gasteiger partial charge on any atom is -0.345 e. The van der Waals surface area contributed by atoms with Crippen molar-refractivity contribution in [2.75, 3.05) is 0 Å². The van der Waals surface area contributed by atoms with Crippen LogP contribution in [0.4, 0.5) is 0 Å². The maximum atomic E-state index is 12.6. The number of thioether (sulfide) groups is 1. The van der Waals surface area contributed by atoms with Gasteiger partial charge in [0.15, 0.2) is 11.0 Å². The van der Waals surface area contributed by atoms with Crippen LogP contribution in [0.2, 0.25) is 10.0 Å². The number of amides is 1. The van der Waals surface area contributed by atoms with Gasteiger partial charge in [-0.2, -0.15) is 0 Å². The summed E-state index contributed by atoms with van der Waals surface area (Å²) in [5.41, 5.74) is 2.42. The van der Waals surface area contributed by atoms with Crippen molar-refractivity contribution in [3.05, 3.63) is 104 Å². The molecule has 0 fully saturated rings. The van der Waals surface area contributed by atoms with Crippen molar-refractivity contribution in [3.63, 3.8) is 0 Å². The zero-order valence-corrected chi connectivity index (χ0v) is 20.5. The summed E-state index contributed by atoms with van der Waals surface area (Å²) in [5.74, 6) is 1.08. The van der Waals surface area contributed by atoms with E-state index >= 15 is 0 Å². The van der Waals surface area contributed by atoms with Gasteiger partial charge in [-0.25, -0.2) is 0 Å². The molecule has 3 aromatic carbocycles. The lowest BCUT2D eigenvalue weighted by molar-refractivity contribution is 0.0949. The number of benzene rings is 3. The zero-order chi connectivity index (χ0) is 22.5. The smallest absolute Gasteiger partial charge is 0.251 e. The van der Waals surface area contributed by atoms with E-state index in [1.165, 1.54) is 5.56 Å². The number of hydrogen-bond acceptors (Lipinski definition) is 4. The molecule has 0 spiro atoms. The van der Waals surface area contributed by atoms with Crippen LogP contribution in [0.25, 0.3) is 5.69 Å². The van der Waals surface area contributed by atoms with Crippen LogP contribution >= 0.6 is 50.9 Å². The van der Waals surface area contributed by atoms with E-state index in [1.807, 2.05) is 41.0 Å². The summed E-state index contributed by atoms with van der Waals surface area (Å²) < 4.78 is 2.76. The Balaban J connectivity index is 1.60. The van der Waals surface area contributed by atoms with E-state index in [1.54, 1.807) is 36.0 Å². The molecule has 0 bridgehead atoms. The number of aromatic nitrogens is 3. The van der Waals surface area contributed by atoms with Crippen LogP contribution in [-0.4, -0.2) is 20.7 Å². The first-order chi connectivity index (χ1) is 15.5. The fourth-order valence-corrected chi connectivity index (χ4v) is 4.67. The van der Waals surface area contributed by atoms with Crippen LogP contribution in [0.5, 0.6) is 0 Å². The summed E-state index contributed by atoms with van der Waals surface area (Å²) in [6.45, 7) is 0.187. The van der Waals surface area contributed by atoms with Crippen LogP contribution in [0, 0.1) is 0 Å². The Labute approximate surface area is 208 Å². The molecule has 1 aromatic heterocycles. The maximum absolute atomic E-state index is 12.6. The van der Waals surface area contributed by atoms with Crippen LogP contribution in [0.1, 0.15) is 21.7 Å². The number of hydrogen-bond donors (Lipinski definition) is 1. The molecule has 1 amide bonds. The summed E-state index contributed by atoms with van der Waals surface area (Å²) in [5, 5.41) is 13.3. The number of carbonyl (C=O) groups is 1. The van der Waals surface area contributed by atoms with Gasteiger partial charge in [0.1, 0.15) is 0 Å². The monoisotopic (exact) mass is 546 g/mol. The molecule has 0 aliphatic rings. The number of carbonyl (C=O) groups excluding carboxylic acids is 1. The molecule has 0 radical (unpaired) electrons. The van der Waals surface area contributed by atoms with Gasteiger partial charge in [-0.05, 0) is 48.0 Å². The highest BCUT2D eigenvalue weighted by molar-refractivity contribution is 9.10. The van der Waals surface area contributed by atoms with Gasteiger partial charge in [0.05, 0.1) is 17.3 Å². The van der Waals surface area contributed by atoms with Crippen molar-refractivity contribution in [2.45, 2.75) is 17.5 Å². The Morgan fingerprint density at radius 1 is 1.00 bits per heavy atom. The van der Waals surface area contributed by atoms with E-state index < -0.39 is 0 Å². The van der Waals surface area contributed by atoms with Gasteiger partial charge in [0, 0.05) is 20.8 Å². The Hall–Kier alpha value is -2.32. The van der Waals surface area contributed by atoms with E-state index in [2.05, 4.69) is 43.6 Å². The minimum absolute atomic E-state index is 0.187. The van der Waals surface area contributed by atoms with Gasteiger partial charge < -0.3 is 5.32 Å². The molecule has 1 heterocycles. The molecular formula is C23H17BrCl2N4OS. The van der Waals surface area contributed by atoms with E-state index in [-0.39, 0.29) is 12.5 Å². The first-order valence-electron chi connectivity index (χ1n) is 9.61. The van der Waals surface area contributed by atoms with Crippen molar-refractivity contribution >= 4 is 56.8 Å². The van der Waals surface area contributed by atoms with E-state index in [0.29, 0.717) is 32.3 Å². The lowest BCUT2D eigenvalue weighted by Crippen LogP contribution is -2.24. The molecule has 9 heteroatoms. The molecule has 0 saturated heterocycles. The van der Waals surface area contributed by atoms with Gasteiger partial charge in [0.25, 0.3) is 5.91 Å². The highest BCUT2D eigenvalue weighted by atomic mass is 79.9. The van der Waals surface area contributed by atoms with Crippen molar-refractivity contribution in [1.82, 2.24) is 20.1 Å². The predicted octanol–water partition coefficient (Wildman–Crippen LogP) is 6.56. The molecule has 5 nitrogen and oxygen atoms in total. The fourth-order valence-electron chi connectivity index (χ4n) is 3.00. The second-order valence-corrected chi connectivity index (χ2v) is 9.50. The Morgan fingerprint density at radius 3 is 2.47 bits per heavy atom. The Bertz CT molecular complexity index is 1230. The predicted molar refractivity (Wildman–Crippen MR) is 133 cm³/mol. The lowest BCUT2D eigenvalue weighted by atomic mass is 10.2. The third-order valence-electron chi connectivity index (χ3n) is 4.58. The van der Waals surface area contributed by atoms with Crippen molar-refractivity contribution in [2.24, 2.45) is 0 Å². The molecule has 1 N–H and O–H groups in total. The number of rotatable bonds is 7. The molecule has 0 saturated carbocycles. The standard InChI is InChI=1S/C23H17BrCl2N4OS/c24-17-8-6-16(7-9-17)22(31)27-13-21-28-29-23(32-14-15-4-2-1-3-5-15)30(21)20-11-10-18(25)12-19(20)26/h1-12H,13-14H2,(H,27,31). The van der Waals surface area contributed by atoms with E-state index in [0.717, 1.165) is 10.2 Å². The second-order valence-electron chi connectivity index (χ2n) is 6.79. The summed E-state index contributed by atoms with van der Waals surface area (Å²) in [6.07, 6.45) is 0. The first kappa shape index (κ1) is 22.9. The number of halogens is 3. The second kappa shape index (κ2) is 10.5. The van der Waals surface area contributed by atoms with Crippen LogP contribution in [-0.2, 0) is 12.3 Å². The largest absolute Gasteiger partial charge is 0.345 e. The fraction of sp³-hybridized carbons (Fsp3) is 0.0870. The molecule has 4 aromatic rings. The van der Waals surface area contributed by atoms with Crippen molar-refractivity contribution in [3.8, 4) is 5.69 Å². The maximum Gasteiger partial charge on any atom is 0.251 e. The summed E-state index contributed by atoms with van der Waals surface area (Å²) in [4.78, 5) is 12.6. The number of nitrogens with zero attached hydrogens (tertiary/aromatic N) is 3. The van der Waals surface area contributed by atoms with Gasteiger partial charge >= 0.3 is 0 Å². The molecule has 32 heavy (non-hydrogen) atoms. The zero-order valence-electron chi connectivity index (χ0n) is 16.6. The lowest BCUT2D eigenvalue weighted by Gasteiger charge is -2.13. The molecule has 0 aliphatic carbocycles. The van der Waals surface area contributed by atoms with E-state index in [4.69, 9.17) is 23.2 Å². The summed E-state index contributed by atoms with van der Waals surface area (Å²) in [6, 6.07) is 22.5. The van der Waals surface area contributed by atoms with E-state index in [9.17, 15) is 4.79 Å².